The summed E-state index contributed by atoms with van der Waals surface area (Å²) in [7, 11) is 0. The Labute approximate surface area is 202 Å². The zero-order chi connectivity index (χ0) is 24.6. The maximum absolute atomic E-state index is 13.6. The molecule has 1 saturated carbocycles. The van der Waals surface area contributed by atoms with Crippen LogP contribution in [0.3, 0.4) is 0 Å². The van der Waals surface area contributed by atoms with Crippen LogP contribution in [0, 0.1) is 28.6 Å². The monoisotopic (exact) mass is 487 g/mol. The molecular formula is C26H28F3N3O3. The summed E-state index contributed by atoms with van der Waals surface area (Å²) in [6.45, 7) is 3.59. The Morgan fingerprint density at radius 2 is 1.97 bits per heavy atom. The van der Waals surface area contributed by atoms with Gasteiger partial charge in [-0.05, 0) is 67.3 Å². The van der Waals surface area contributed by atoms with Crippen LogP contribution in [-0.4, -0.2) is 50.2 Å². The van der Waals surface area contributed by atoms with Crippen molar-refractivity contribution < 1.29 is 27.1 Å². The van der Waals surface area contributed by atoms with Gasteiger partial charge in [-0.2, -0.15) is 18.4 Å². The molecule has 1 spiro atoms. The number of carbonyl (C=O) groups excluding carboxylic acids is 1. The Kier molecular flexibility index (Phi) is 6.26. The summed E-state index contributed by atoms with van der Waals surface area (Å²) in [5.74, 6) is 0.954. The van der Waals surface area contributed by atoms with Crippen molar-refractivity contribution in [2.24, 2.45) is 17.3 Å². The smallest absolute Gasteiger partial charge is 0.417 e. The van der Waals surface area contributed by atoms with Crippen LogP contribution < -0.4 is 4.90 Å². The van der Waals surface area contributed by atoms with Crippen molar-refractivity contribution in [1.82, 2.24) is 4.90 Å². The van der Waals surface area contributed by atoms with Crippen molar-refractivity contribution >= 4 is 11.6 Å². The number of piperidine rings is 1. The van der Waals surface area contributed by atoms with Gasteiger partial charge in [-0.3, -0.25) is 4.79 Å². The van der Waals surface area contributed by atoms with Crippen LogP contribution in [0.25, 0.3) is 0 Å². The summed E-state index contributed by atoms with van der Waals surface area (Å²) in [5, 5.41) is 9.14. The molecule has 0 bridgehead atoms. The first-order valence-corrected chi connectivity index (χ1v) is 12.1. The Balaban J connectivity index is 1.34. The molecule has 2 saturated heterocycles. The first-order valence-electron chi connectivity index (χ1n) is 12.1. The van der Waals surface area contributed by atoms with E-state index in [0.717, 1.165) is 25.5 Å². The lowest BCUT2D eigenvalue weighted by atomic mass is 9.71. The van der Waals surface area contributed by atoms with Gasteiger partial charge in [-0.25, -0.2) is 0 Å². The van der Waals surface area contributed by atoms with Crippen molar-refractivity contribution in [2.45, 2.75) is 31.9 Å². The lowest BCUT2D eigenvalue weighted by molar-refractivity contribution is -0.137. The lowest BCUT2D eigenvalue weighted by Crippen LogP contribution is -2.47. The van der Waals surface area contributed by atoms with Crippen LogP contribution in [0.5, 0.6) is 0 Å². The molecule has 1 aromatic heterocycles. The van der Waals surface area contributed by atoms with Crippen LogP contribution in [0.2, 0.25) is 0 Å². The number of benzene rings is 1. The molecule has 2 aliphatic heterocycles. The minimum Gasteiger partial charge on any atom is -0.459 e. The fraction of sp³-hybridized carbons (Fsp3) is 0.538. The highest BCUT2D eigenvalue weighted by Gasteiger charge is 2.49. The molecule has 35 heavy (non-hydrogen) atoms. The third-order valence-electron chi connectivity index (χ3n) is 7.75. The van der Waals surface area contributed by atoms with Crippen molar-refractivity contribution in [3.05, 3.63) is 53.5 Å². The number of halogens is 3. The normalized spacial score (nSPS) is 21.9. The Bertz CT molecular complexity index is 1100. The van der Waals surface area contributed by atoms with Crippen molar-refractivity contribution in [1.29, 1.82) is 5.26 Å². The van der Waals surface area contributed by atoms with E-state index in [-0.39, 0.29) is 22.8 Å². The van der Waals surface area contributed by atoms with E-state index < -0.39 is 11.7 Å². The summed E-state index contributed by atoms with van der Waals surface area (Å²) in [5.41, 5.74) is -0.965. The van der Waals surface area contributed by atoms with Gasteiger partial charge >= 0.3 is 6.18 Å². The van der Waals surface area contributed by atoms with E-state index in [2.05, 4.69) is 0 Å². The molecule has 0 radical (unpaired) electrons. The first kappa shape index (κ1) is 23.7. The van der Waals surface area contributed by atoms with Gasteiger partial charge in [0.2, 0.25) is 0 Å². The number of anilines is 1. The fourth-order valence-corrected chi connectivity index (χ4v) is 5.46. The average molecular weight is 488 g/mol. The summed E-state index contributed by atoms with van der Waals surface area (Å²) in [6.07, 6.45) is 0.760. The molecule has 6 nitrogen and oxygen atoms in total. The van der Waals surface area contributed by atoms with Crippen molar-refractivity contribution in [3.63, 3.8) is 0 Å². The number of nitrogens with zero attached hydrogens (tertiary/aromatic N) is 3. The van der Waals surface area contributed by atoms with Gasteiger partial charge in [0.05, 0.1) is 30.1 Å². The molecule has 186 valence electrons. The lowest BCUT2D eigenvalue weighted by Gasteiger charge is -2.42. The Hall–Kier alpha value is -2.99. The van der Waals surface area contributed by atoms with E-state index in [9.17, 15) is 18.0 Å². The number of amides is 1. The summed E-state index contributed by atoms with van der Waals surface area (Å²) >= 11 is 0. The van der Waals surface area contributed by atoms with Crippen molar-refractivity contribution in [3.8, 4) is 6.07 Å². The van der Waals surface area contributed by atoms with Gasteiger partial charge in [-0.15, -0.1) is 0 Å². The number of rotatable bonds is 6. The zero-order valence-electron chi connectivity index (χ0n) is 19.4. The SMILES string of the molecule is N#Cc1ccc(N2CC(COCC3CC3)C3(CCN(C(=O)c4ccco4)CC3)C2)cc1C(F)(F)F. The van der Waals surface area contributed by atoms with Crippen LogP contribution in [0.15, 0.2) is 41.0 Å². The first-order chi connectivity index (χ1) is 16.8. The predicted octanol–water partition coefficient (Wildman–Crippen LogP) is 4.96. The maximum Gasteiger partial charge on any atom is 0.417 e. The second-order valence-electron chi connectivity index (χ2n) is 10.0. The van der Waals surface area contributed by atoms with Gasteiger partial charge in [-0.1, -0.05) is 0 Å². The molecule has 3 aliphatic rings. The summed E-state index contributed by atoms with van der Waals surface area (Å²) in [4.78, 5) is 16.5. The molecule has 3 heterocycles. The Morgan fingerprint density at radius 1 is 1.20 bits per heavy atom. The molecule has 1 aliphatic carbocycles. The molecule has 1 unspecified atom stereocenters. The number of hydrogen-bond acceptors (Lipinski definition) is 5. The number of likely N-dealkylation sites (tertiary alicyclic amines) is 1. The molecule has 1 amide bonds. The van der Waals surface area contributed by atoms with Crippen molar-refractivity contribution in [2.75, 3.05) is 44.3 Å². The number of nitriles is 1. The van der Waals surface area contributed by atoms with Gasteiger partial charge in [0.25, 0.3) is 5.91 Å². The second kappa shape index (κ2) is 9.23. The van der Waals surface area contributed by atoms with Crippen LogP contribution in [0.1, 0.15) is 47.4 Å². The highest BCUT2D eigenvalue weighted by atomic mass is 19.4. The van der Waals surface area contributed by atoms with Crippen LogP contribution >= 0.6 is 0 Å². The number of hydrogen-bond donors (Lipinski definition) is 0. The summed E-state index contributed by atoms with van der Waals surface area (Å²) < 4.78 is 52.0. The molecule has 3 fully saturated rings. The third-order valence-corrected chi connectivity index (χ3v) is 7.75. The topological polar surface area (TPSA) is 69.7 Å². The second-order valence-corrected chi connectivity index (χ2v) is 10.0. The van der Waals surface area contributed by atoms with Gasteiger partial charge in [0.1, 0.15) is 0 Å². The number of furan rings is 1. The molecule has 1 atom stereocenters. The fourth-order valence-electron chi connectivity index (χ4n) is 5.46. The minimum absolute atomic E-state index is 0.136. The van der Waals surface area contributed by atoms with Gasteiger partial charge in [0, 0.05) is 44.4 Å². The molecule has 9 heteroatoms. The Morgan fingerprint density at radius 3 is 2.60 bits per heavy atom. The van der Waals surface area contributed by atoms with E-state index in [0.29, 0.717) is 50.2 Å². The quantitative estimate of drug-likeness (QED) is 0.576. The van der Waals surface area contributed by atoms with Gasteiger partial charge in [0.15, 0.2) is 5.76 Å². The van der Waals surface area contributed by atoms with Crippen LogP contribution in [0.4, 0.5) is 18.9 Å². The molecule has 1 aromatic carbocycles. The van der Waals surface area contributed by atoms with Gasteiger partial charge < -0.3 is 19.0 Å². The molecule has 2 aromatic rings. The molecule has 0 N–H and O–H groups in total. The largest absolute Gasteiger partial charge is 0.459 e. The number of carbonyl (C=O) groups is 1. The average Bonchev–Trinajstić information content (AvgIpc) is 3.37. The predicted molar refractivity (Wildman–Crippen MR) is 122 cm³/mol. The number of ether oxygens (including phenoxy) is 1. The molecular weight excluding hydrogens is 459 g/mol. The van der Waals surface area contributed by atoms with E-state index in [1.807, 2.05) is 4.90 Å². The highest BCUT2D eigenvalue weighted by Crippen LogP contribution is 2.47. The third kappa shape index (κ3) is 4.90. The standard InChI is InChI=1S/C26H28F3N3O3/c27-26(28,29)22-12-21(6-5-19(22)13-30)32-14-20(16-34-15-18-3-4-18)25(17-32)7-9-31(10-8-25)24(33)23-2-1-11-35-23/h1-2,5-6,11-12,18,20H,3-4,7-10,14-17H2. The van der Waals surface area contributed by atoms with E-state index in [4.69, 9.17) is 14.4 Å². The van der Waals surface area contributed by atoms with E-state index in [1.165, 1.54) is 25.2 Å². The van der Waals surface area contributed by atoms with Crippen LogP contribution in [-0.2, 0) is 10.9 Å². The highest BCUT2D eigenvalue weighted by molar-refractivity contribution is 5.91. The van der Waals surface area contributed by atoms with E-state index in [1.54, 1.807) is 29.2 Å². The number of alkyl halides is 3. The minimum atomic E-state index is -4.59. The molecule has 5 rings (SSSR count). The maximum atomic E-state index is 13.6. The zero-order valence-corrected chi connectivity index (χ0v) is 19.4. The summed E-state index contributed by atoms with van der Waals surface area (Å²) in [6, 6.07) is 8.95. The van der Waals surface area contributed by atoms with E-state index >= 15 is 0 Å².